The van der Waals surface area contributed by atoms with Gasteiger partial charge in [-0.15, -0.1) is 0 Å². The van der Waals surface area contributed by atoms with Crippen LogP contribution in [-0.2, 0) is 27.2 Å². The fourth-order valence-corrected chi connectivity index (χ4v) is 2.47. The zero-order valence-electron chi connectivity index (χ0n) is 12.6. The number of carbonyl (C=O) groups is 2. The van der Waals surface area contributed by atoms with E-state index in [0.29, 0.717) is 12.3 Å². The Hall–Kier alpha value is -2.04. The summed E-state index contributed by atoms with van der Waals surface area (Å²) >= 11 is 0. The molecular weight excluding hydrogens is 270 g/mol. The molecule has 0 atom stereocenters. The number of carbonyl (C=O) groups excluding carboxylic acids is 2. The number of likely N-dealkylation sites (N-methyl/N-ethyl adjacent to an activating group) is 1. The van der Waals surface area contributed by atoms with Gasteiger partial charge in [0.05, 0.1) is 7.11 Å². The third kappa shape index (κ3) is 3.97. The highest BCUT2D eigenvalue weighted by Gasteiger charge is 2.17. The minimum absolute atomic E-state index is 0.0423. The molecular formula is C16H21NO4. The van der Waals surface area contributed by atoms with Crippen molar-refractivity contribution in [3.63, 3.8) is 0 Å². The Labute approximate surface area is 124 Å². The normalized spacial score (nSPS) is 12.7. The van der Waals surface area contributed by atoms with Crippen LogP contribution in [-0.4, -0.2) is 43.6 Å². The van der Waals surface area contributed by atoms with Gasteiger partial charge in [-0.05, 0) is 49.4 Å². The van der Waals surface area contributed by atoms with E-state index in [1.54, 1.807) is 0 Å². The standard InChI is InChI=1S/C16H21NO4/c1-3-17(10-16(19)20-2)15(18)11-21-14-8-7-12-5-4-6-13(12)9-14/h7-9H,3-6,10-11H2,1-2H3. The Balaban J connectivity index is 1.89. The van der Waals surface area contributed by atoms with E-state index >= 15 is 0 Å². The summed E-state index contributed by atoms with van der Waals surface area (Å²) in [5.74, 6) is 0.0595. The third-order valence-electron chi connectivity index (χ3n) is 3.71. The summed E-state index contributed by atoms with van der Waals surface area (Å²) in [6.45, 7) is 2.15. The van der Waals surface area contributed by atoms with Crippen LogP contribution >= 0.6 is 0 Å². The quantitative estimate of drug-likeness (QED) is 0.747. The average Bonchev–Trinajstić information content (AvgIpc) is 2.97. The van der Waals surface area contributed by atoms with Crippen molar-refractivity contribution in [2.75, 3.05) is 26.8 Å². The number of hydrogen-bond donors (Lipinski definition) is 0. The molecule has 0 saturated heterocycles. The van der Waals surface area contributed by atoms with Gasteiger partial charge in [-0.3, -0.25) is 9.59 Å². The Bertz CT molecular complexity index is 527. The highest BCUT2D eigenvalue weighted by molar-refractivity contribution is 5.83. The molecule has 0 unspecified atom stereocenters. The minimum Gasteiger partial charge on any atom is -0.484 e. The summed E-state index contributed by atoms with van der Waals surface area (Å²) in [4.78, 5) is 24.7. The predicted octanol–water partition coefficient (Wildman–Crippen LogP) is 1.58. The fraction of sp³-hybridized carbons (Fsp3) is 0.500. The van der Waals surface area contributed by atoms with E-state index in [-0.39, 0.29) is 19.1 Å². The Morgan fingerprint density at radius 2 is 2.00 bits per heavy atom. The molecule has 0 N–H and O–H groups in total. The van der Waals surface area contributed by atoms with E-state index in [9.17, 15) is 9.59 Å². The second-order valence-corrected chi connectivity index (χ2v) is 5.06. The first-order valence-corrected chi connectivity index (χ1v) is 7.23. The lowest BCUT2D eigenvalue weighted by molar-refractivity contribution is -0.147. The molecule has 0 bridgehead atoms. The smallest absolute Gasteiger partial charge is 0.325 e. The SMILES string of the molecule is CCN(CC(=O)OC)C(=O)COc1ccc2c(c1)CCC2. The van der Waals surface area contributed by atoms with Crippen molar-refractivity contribution >= 4 is 11.9 Å². The van der Waals surface area contributed by atoms with Gasteiger partial charge in [0.15, 0.2) is 6.61 Å². The van der Waals surface area contributed by atoms with Crippen LogP contribution in [0.5, 0.6) is 5.75 Å². The number of fused-ring (bicyclic) bond motifs is 1. The van der Waals surface area contributed by atoms with Crippen molar-refractivity contribution in [2.45, 2.75) is 26.2 Å². The molecule has 0 spiro atoms. The molecule has 1 amide bonds. The second kappa shape index (κ2) is 7.11. The number of rotatable bonds is 6. The van der Waals surface area contributed by atoms with E-state index < -0.39 is 5.97 Å². The van der Waals surface area contributed by atoms with Gasteiger partial charge in [0.2, 0.25) is 0 Å². The maximum atomic E-state index is 12.0. The third-order valence-corrected chi connectivity index (χ3v) is 3.71. The van der Waals surface area contributed by atoms with E-state index in [2.05, 4.69) is 10.8 Å². The molecule has 5 heteroatoms. The summed E-state index contributed by atoms with van der Waals surface area (Å²) < 4.78 is 10.1. The molecule has 0 saturated carbocycles. The predicted molar refractivity (Wildman–Crippen MR) is 78.2 cm³/mol. The van der Waals surface area contributed by atoms with Crippen LogP contribution in [0.1, 0.15) is 24.5 Å². The van der Waals surface area contributed by atoms with Crippen molar-refractivity contribution < 1.29 is 19.1 Å². The van der Waals surface area contributed by atoms with Crippen molar-refractivity contribution in [2.24, 2.45) is 0 Å². The van der Waals surface area contributed by atoms with Crippen LogP contribution in [0.4, 0.5) is 0 Å². The molecule has 1 aliphatic carbocycles. The second-order valence-electron chi connectivity index (χ2n) is 5.06. The molecule has 0 fully saturated rings. The van der Waals surface area contributed by atoms with Gasteiger partial charge in [0.25, 0.3) is 5.91 Å². The van der Waals surface area contributed by atoms with E-state index in [1.807, 2.05) is 19.1 Å². The monoisotopic (exact) mass is 291 g/mol. The number of methoxy groups -OCH3 is 1. The van der Waals surface area contributed by atoms with Gasteiger partial charge in [0.1, 0.15) is 12.3 Å². The number of hydrogen-bond acceptors (Lipinski definition) is 4. The van der Waals surface area contributed by atoms with Crippen molar-refractivity contribution in [3.05, 3.63) is 29.3 Å². The average molecular weight is 291 g/mol. The first kappa shape index (κ1) is 15.4. The lowest BCUT2D eigenvalue weighted by atomic mass is 10.1. The topological polar surface area (TPSA) is 55.8 Å². The Morgan fingerprint density at radius 3 is 2.71 bits per heavy atom. The van der Waals surface area contributed by atoms with Gasteiger partial charge < -0.3 is 14.4 Å². The van der Waals surface area contributed by atoms with Crippen LogP contribution in [0.3, 0.4) is 0 Å². The van der Waals surface area contributed by atoms with Crippen molar-refractivity contribution in [3.8, 4) is 5.75 Å². The van der Waals surface area contributed by atoms with Gasteiger partial charge >= 0.3 is 5.97 Å². The highest BCUT2D eigenvalue weighted by Crippen LogP contribution is 2.25. The van der Waals surface area contributed by atoms with E-state index in [4.69, 9.17) is 4.74 Å². The summed E-state index contributed by atoms with van der Waals surface area (Å²) in [6, 6.07) is 5.97. The van der Waals surface area contributed by atoms with Gasteiger partial charge in [0, 0.05) is 6.54 Å². The Morgan fingerprint density at radius 1 is 1.24 bits per heavy atom. The van der Waals surface area contributed by atoms with E-state index in [0.717, 1.165) is 12.8 Å². The zero-order valence-corrected chi connectivity index (χ0v) is 12.6. The van der Waals surface area contributed by atoms with Crippen LogP contribution < -0.4 is 4.74 Å². The molecule has 0 heterocycles. The number of amides is 1. The molecule has 21 heavy (non-hydrogen) atoms. The minimum atomic E-state index is -0.428. The van der Waals surface area contributed by atoms with Crippen LogP contribution in [0.25, 0.3) is 0 Å². The number of nitrogens with zero attached hydrogens (tertiary/aromatic N) is 1. The molecule has 0 radical (unpaired) electrons. The van der Waals surface area contributed by atoms with Crippen LogP contribution in [0.2, 0.25) is 0 Å². The molecule has 1 aromatic rings. The molecule has 5 nitrogen and oxygen atoms in total. The number of esters is 1. The summed E-state index contributed by atoms with van der Waals surface area (Å²) in [5.41, 5.74) is 2.68. The summed E-state index contributed by atoms with van der Waals surface area (Å²) in [6.07, 6.45) is 3.38. The van der Waals surface area contributed by atoms with Crippen LogP contribution in [0, 0.1) is 0 Å². The molecule has 2 rings (SSSR count). The molecule has 0 aromatic heterocycles. The lowest BCUT2D eigenvalue weighted by Gasteiger charge is -2.19. The lowest BCUT2D eigenvalue weighted by Crippen LogP contribution is -2.38. The number of benzene rings is 1. The summed E-state index contributed by atoms with van der Waals surface area (Å²) in [7, 11) is 1.31. The molecule has 114 valence electrons. The Kier molecular flexibility index (Phi) is 5.20. The van der Waals surface area contributed by atoms with Gasteiger partial charge in [-0.2, -0.15) is 0 Å². The zero-order chi connectivity index (χ0) is 15.2. The molecule has 1 aliphatic rings. The fourth-order valence-electron chi connectivity index (χ4n) is 2.47. The van der Waals surface area contributed by atoms with Crippen molar-refractivity contribution in [1.82, 2.24) is 4.90 Å². The summed E-state index contributed by atoms with van der Waals surface area (Å²) in [5, 5.41) is 0. The molecule has 1 aromatic carbocycles. The molecule has 0 aliphatic heterocycles. The van der Waals surface area contributed by atoms with Gasteiger partial charge in [-0.25, -0.2) is 0 Å². The van der Waals surface area contributed by atoms with Gasteiger partial charge in [-0.1, -0.05) is 6.07 Å². The number of ether oxygens (including phenoxy) is 2. The first-order valence-electron chi connectivity index (χ1n) is 7.23. The largest absolute Gasteiger partial charge is 0.484 e. The number of aryl methyl sites for hydroxylation is 2. The van der Waals surface area contributed by atoms with E-state index in [1.165, 1.54) is 29.6 Å². The first-order chi connectivity index (χ1) is 10.1. The highest BCUT2D eigenvalue weighted by atomic mass is 16.5. The maximum absolute atomic E-state index is 12.0. The van der Waals surface area contributed by atoms with Crippen LogP contribution in [0.15, 0.2) is 18.2 Å². The van der Waals surface area contributed by atoms with Crippen molar-refractivity contribution in [1.29, 1.82) is 0 Å². The maximum Gasteiger partial charge on any atom is 0.325 e.